The number of guanidine groups is 1. The van der Waals surface area contributed by atoms with Crippen LogP contribution in [0.5, 0.6) is 0 Å². The first-order chi connectivity index (χ1) is 12.7. The van der Waals surface area contributed by atoms with Gasteiger partial charge in [0.1, 0.15) is 0 Å². The third kappa shape index (κ3) is 5.28. The van der Waals surface area contributed by atoms with E-state index in [0.717, 1.165) is 55.9 Å². The summed E-state index contributed by atoms with van der Waals surface area (Å²) in [7, 11) is 0. The van der Waals surface area contributed by atoms with E-state index >= 15 is 0 Å². The van der Waals surface area contributed by atoms with E-state index in [-0.39, 0.29) is 5.54 Å². The number of benzene rings is 1. The topological polar surface area (TPSA) is 48.9 Å². The molecule has 2 fully saturated rings. The molecule has 3 rings (SSSR count). The molecule has 1 unspecified atom stereocenters. The van der Waals surface area contributed by atoms with E-state index in [0.29, 0.717) is 6.54 Å². The van der Waals surface area contributed by atoms with Crippen molar-refractivity contribution < 1.29 is 4.74 Å². The van der Waals surface area contributed by atoms with Gasteiger partial charge in [-0.1, -0.05) is 23.7 Å². The zero-order valence-corrected chi connectivity index (χ0v) is 17.0. The lowest BCUT2D eigenvalue weighted by molar-refractivity contribution is -0.0120. The van der Waals surface area contributed by atoms with Crippen molar-refractivity contribution in [1.82, 2.24) is 15.5 Å². The van der Waals surface area contributed by atoms with Crippen LogP contribution in [0.25, 0.3) is 0 Å². The van der Waals surface area contributed by atoms with Crippen LogP contribution < -0.4 is 10.6 Å². The van der Waals surface area contributed by atoms with Crippen LogP contribution in [0.3, 0.4) is 0 Å². The van der Waals surface area contributed by atoms with Gasteiger partial charge in [-0.25, -0.2) is 4.99 Å². The number of halogens is 1. The molecule has 0 saturated carbocycles. The van der Waals surface area contributed by atoms with Gasteiger partial charge in [0.05, 0.1) is 19.8 Å². The highest BCUT2D eigenvalue weighted by Crippen LogP contribution is 2.33. The first kappa shape index (κ1) is 19.8. The summed E-state index contributed by atoms with van der Waals surface area (Å²) in [6.07, 6.45) is 1.22. The molecule has 0 aliphatic carbocycles. The summed E-state index contributed by atoms with van der Waals surface area (Å²) < 4.78 is 5.55. The van der Waals surface area contributed by atoms with Gasteiger partial charge in [0.25, 0.3) is 0 Å². The van der Waals surface area contributed by atoms with Crippen molar-refractivity contribution in [2.45, 2.75) is 25.4 Å². The van der Waals surface area contributed by atoms with Crippen LogP contribution >= 0.6 is 23.4 Å². The van der Waals surface area contributed by atoms with E-state index in [1.807, 2.05) is 24.3 Å². The largest absolute Gasteiger partial charge is 0.379 e. The van der Waals surface area contributed by atoms with Crippen LogP contribution in [0.4, 0.5) is 0 Å². The second-order valence-corrected chi connectivity index (χ2v) is 8.34. The summed E-state index contributed by atoms with van der Waals surface area (Å²) >= 11 is 8.02. The average Bonchev–Trinajstić information content (AvgIpc) is 3.16. The third-order valence-corrected chi connectivity index (χ3v) is 6.51. The Balaban J connectivity index is 1.62. The second kappa shape index (κ2) is 9.83. The van der Waals surface area contributed by atoms with Crippen molar-refractivity contribution in [1.29, 1.82) is 0 Å². The summed E-state index contributed by atoms with van der Waals surface area (Å²) in [5.74, 6) is 3.29. The number of ether oxygens (including phenoxy) is 1. The van der Waals surface area contributed by atoms with E-state index in [1.165, 1.54) is 17.9 Å². The lowest BCUT2D eigenvalue weighted by Gasteiger charge is -2.43. The van der Waals surface area contributed by atoms with Gasteiger partial charge < -0.3 is 15.4 Å². The molecular formula is C19H29ClN4OS. The van der Waals surface area contributed by atoms with Crippen LogP contribution in [0.1, 0.15) is 18.9 Å². The minimum Gasteiger partial charge on any atom is -0.379 e. The summed E-state index contributed by atoms with van der Waals surface area (Å²) in [6, 6.07) is 7.88. The maximum atomic E-state index is 5.96. The number of rotatable bonds is 6. The van der Waals surface area contributed by atoms with Gasteiger partial charge in [-0.3, -0.25) is 4.90 Å². The van der Waals surface area contributed by atoms with Crippen molar-refractivity contribution in [3.8, 4) is 0 Å². The summed E-state index contributed by atoms with van der Waals surface area (Å²) in [5, 5.41) is 7.73. The van der Waals surface area contributed by atoms with Gasteiger partial charge in [0.15, 0.2) is 5.96 Å². The molecule has 1 aromatic rings. The van der Waals surface area contributed by atoms with Crippen molar-refractivity contribution in [3.63, 3.8) is 0 Å². The molecule has 0 amide bonds. The molecule has 2 saturated heterocycles. The normalized spacial score (nSPS) is 24.6. The van der Waals surface area contributed by atoms with Crippen molar-refractivity contribution >= 4 is 29.3 Å². The number of nitrogens with zero attached hydrogens (tertiary/aromatic N) is 2. The summed E-state index contributed by atoms with van der Waals surface area (Å²) in [6.45, 7) is 8.27. The monoisotopic (exact) mass is 396 g/mol. The van der Waals surface area contributed by atoms with Gasteiger partial charge in [0, 0.05) is 42.5 Å². The van der Waals surface area contributed by atoms with Crippen molar-refractivity contribution in [3.05, 3.63) is 34.9 Å². The van der Waals surface area contributed by atoms with Crippen LogP contribution in [0, 0.1) is 0 Å². The molecular weight excluding hydrogens is 368 g/mol. The highest BCUT2D eigenvalue weighted by atomic mass is 35.5. The molecule has 2 aliphatic rings. The van der Waals surface area contributed by atoms with Crippen LogP contribution in [-0.2, 0) is 11.3 Å². The molecule has 0 aromatic heterocycles. The standard InChI is InChI=1S/C19H29ClN4OS/c1-2-21-18(22-13-16-3-5-17(20)6-4-16)23-14-19(7-12-26-15-19)24-8-10-25-11-9-24/h3-6H,2,7-15H2,1H3,(H2,21,22,23). The van der Waals surface area contributed by atoms with E-state index in [2.05, 4.69) is 34.2 Å². The molecule has 2 heterocycles. The number of hydrogen-bond acceptors (Lipinski definition) is 4. The molecule has 2 N–H and O–H groups in total. The predicted molar refractivity (Wildman–Crippen MR) is 111 cm³/mol. The van der Waals surface area contributed by atoms with Crippen LogP contribution in [0.15, 0.2) is 29.3 Å². The highest BCUT2D eigenvalue weighted by molar-refractivity contribution is 7.99. The third-order valence-electron chi connectivity index (χ3n) is 5.03. The van der Waals surface area contributed by atoms with E-state index in [9.17, 15) is 0 Å². The van der Waals surface area contributed by atoms with E-state index in [1.54, 1.807) is 0 Å². The first-order valence-electron chi connectivity index (χ1n) is 9.39. The predicted octanol–water partition coefficient (Wildman–Crippen LogP) is 2.60. The Kier molecular flexibility index (Phi) is 7.49. The molecule has 0 radical (unpaired) electrons. The molecule has 0 bridgehead atoms. The number of thioether (sulfide) groups is 1. The minimum absolute atomic E-state index is 0.213. The van der Waals surface area contributed by atoms with E-state index < -0.39 is 0 Å². The summed E-state index contributed by atoms with van der Waals surface area (Å²) in [5.41, 5.74) is 1.37. The molecule has 1 atom stereocenters. The average molecular weight is 397 g/mol. The van der Waals surface area contributed by atoms with Gasteiger partial charge >= 0.3 is 0 Å². The molecule has 0 spiro atoms. The quantitative estimate of drug-likeness (QED) is 0.571. The highest BCUT2D eigenvalue weighted by Gasteiger charge is 2.40. The van der Waals surface area contributed by atoms with Crippen molar-refractivity contribution in [2.75, 3.05) is 50.9 Å². The SMILES string of the molecule is CCNC(=NCc1ccc(Cl)cc1)NCC1(N2CCOCC2)CCSC1. The molecule has 1 aromatic carbocycles. The number of morpholine rings is 1. The zero-order valence-electron chi connectivity index (χ0n) is 15.5. The molecule has 7 heteroatoms. The molecule has 2 aliphatic heterocycles. The maximum absolute atomic E-state index is 5.96. The minimum atomic E-state index is 0.213. The fourth-order valence-corrected chi connectivity index (χ4v) is 5.09. The number of nitrogens with one attached hydrogen (secondary N) is 2. The first-order valence-corrected chi connectivity index (χ1v) is 10.9. The zero-order chi connectivity index (χ0) is 18.2. The number of aliphatic imine (C=N–C) groups is 1. The van der Waals surface area contributed by atoms with Gasteiger partial charge in [0.2, 0.25) is 0 Å². The molecule has 144 valence electrons. The van der Waals surface area contributed by atoms with Crippen molar-refractivity contribution in [2.24, 2.45) is 4.99 Å². The lowest BCUT2D eigenvalue weighted by atomic mass is 9.95. The molecule has 26 heavy (non-hydrogen) atoms. The van der Waals surface area contributed by atoms with Gasteiger partial charge in [-0.15, -0.1) is 0 Å². The Labute approximate surface area is 165 Å². The smallest absolute Gasteiger partial charge is 0.191 e. The summed E-state index contributed by atoms with van der Waals surface area (Å²) in [4.78, 5) is 7.37. The van der Waals surface area contributed by atoms with Gasteiger partial charge in [-0.05, 0) is 36.8 Å². The fraction of sp³-hybridized carbons (Fsp3) is 0.632. The van der Waals surface area contributed by atoms with Crippen LogP contribution in [0.2, 0.25) is 5.02 Å². The Morgan fingerprint density at radius 1 is 1.27 bits per heavy atom. The molecule has 5 nitrogen and oxygen atoms in total. The Bertz CT molecular complexity index is 584. The second-order valence-electron chi connectivity index (χ2n) is 6.80. The van der Waals surface area contributed by atoms with E-state index in [4.69, 9.17) is 21.3 Å². The Morgan fingerprint density at radius 3 is 2.69 bits per heavy atom. The Hall–Kier alpha value is -0.950. The van der Waals surface area contributed by atoms with Crippen LogP contribution in [-0.4, -0.2) is 67.3 Å². The maximum Gasteiger partial charge on any atom is 0.191 e. The Morgan fingerprint density at radius 2 is 2.04 bits per heavy atom. The lowest BCUT2D eigenvalue weighted by Crippen LogP contribution is -2.60. The number of hydrogen-bond donors (Lipinski definition) is 2. The fourth-order valence-electron chi connectivity index (χ4n) is 3.48. The van der Waals surface area contributed by atoms with Gasteiger partial charge in [-0.2, -0.15) is 11.8 Å².